The molecule has 0 heterocycles. The third kappa shape index (κ3) is 3.03. The van der Waals surface area contributed by atoms with Crippen LogP contribution in [-0.2, 0) is 9.53 Å². The SMILES string of the molecule is CC#C[C@H](OC(C)=O)c1ccccc1OC. The van der Waals surface area contributed by atoms with Gasteiger partial charge in [-0.15, -0.1) is 5.92 Å². The van der Waals surface area contributed by atoms with E-state index in [4.69, 9.17) is 9.47 Å². The molecule has 0 aliphatic carbocycles. The van der Waals surface area contributed by atoms with Gasteiger partial charge in [-0.25, -0.2) is 0 Å². The molecule has 3 heteroatoms. The highest BCUT2D eigenvalue weighted by Crippen LogP contribution is 2.26. The van der Waals surface area contributed by atoms with E-state index in [-0.39, 0.29) is 5.97 Å². The number of methoxy groups -OCH3 is 1. The lowest BCUT2D eigenvalue weighted by molar-refractivity contribution is -0.144. The number of ether oxygens (including phenoxy) is 2. The Hall–Kier alpha value is -1.95. The summed E-state index contributed by atoms with van der Waals surface area (Å²) < 4.78 is 10.3. The topological polar surface area (TPSA) is 35.5 Å². The van der Waals surface area contributed by atoms with Crippen LogP contribution in [0.25, 0.3) is 0 Å². The van der Waals surface area contributed by atoms with Gasteiger partial charge in [-0.05, 0) is 13.0 Å². The highest BCUT2D eigenvalue weighted by atomic mass is 16.5. The maximum Gasteiger partial charge on any atom is 0.304 e. The zero-order valence-electron chi connectivity index (χ0n) is 9.61. The van der Waals surface area contributed by atoms with Crippen LogP contribution < -0.4 is 4.74 Å². The van der Waals surface area contributed by atoms with Crippen molar-refractivity contribution in [2.24, 2.45) is 0 Å². The molecule has 0 unspecified atom stereocenters. The Balaban J connectivity index is 3.08. The molecule has 84 valence electrons. The van der Waals surface area contributed by atoms with Crippen molar-refractivity contribution in [1.82, 2.24) is 0 Å². The van der Waals surface area contributed by atoms with Crippen molar-refractivity contribution in [3.63, 3.8) is 0 Å². The minimum atomic E-state index is -0.571. The summed E-state index contributed by atoms with van der Waals surface area (Å²) >= 11 is 0. The predicted molar refractivity (Wildman–Crippen MR) is 61.0 cm³/mol. The van der Waals surface area contributed by atoms with Gasteiger partial charge < -0.3 is 9.47 Å². The lowest BCUT2D eigenvalue weighted by Crippen LogP contribution is -2.08. The molecular weight excluding hydrogens is 204 g/mol. The maximum absolute atomic E-state index is 11.0. The van der Waals surface area contributed by atoms with Gasteiger partial charge in [0.2, 0.25) is 0 Å². The molecule has 0 radical (unpaired) electrons. The van der Waals surface area contributed by atoms with Crippen molar-refractivity contribution in [2.75, 3.05) is 7.11 Å². The van der Waals surface area contributed by atoms with Crippen LogP contribution in [0.15, 0.2) is 24.3 Å². The van der Waals surface area contributed by atoms with E-state index in [1.807, 2.05) is 24.3 Å². The van der Waals surface area contributed by atoms with E-state index in [0.717, 1.165) is 5.56 Å². The normalized spacial score (nSPS) is 10.9. The molecule has 0 spiro atoms. The first kappa shape index (κ1) is 12.1. The molecule has 3 nitrogen and oxygen atoms in total. The first-order valence-electron chi connectivity index (χ1n) is 4.91. The molecule has 0 N–H and O–H groups in total. The van der Waals surface area contributed by atoms with Crippen molar-refractivity contribution in [3.8, 4) is 17.6 Å². The van der Waals surface area contributed by atoms with Crippen LogP contribution in [0, 0.1) is 11.8 Å². The molecule has 1 atom stereocenters. The molecule has 0 bridgehead atoms. The van der Waals surface area contributed by atoms with E-state index >= 15 is 0 Å². The van der Waals surface area contributed by atoms with Crippen LogP contribution >= 0.6 is 0 Å². The van der Waals surface area contributed by atoms with Gasteiger partial charge in [-0.2, -0.15) is 0 Å². The average Bonchev–Trinajstić information content (AvgIpc) is 2.28. The maximum atomic E-state index is 11.0. The number of esters is 1. The Morgan fingerprint density at radius 2 is 2.06 bits per heavy atom. The molecule has 16 heavy (non-hydrogen) atoms. The standard InChI is InChI=1S/C13H14O3/c1-4-7-13(16-10(2)14)11-8-5-6-9-12(11)15-3/h5-6,8-9,13H,1-3H3/t13-/m0/s1. The van der Waals surface area contributed by atoms with Crippen molar-refractivity contribution >= 4 is 5.97 Å². The van der Waals surface area contributed by atoms with Crippen LogP contribution in [0.4, 0.5) is 0 Å². The van der Waals surface area contributed by atoms with Crippen LogP contribution in [0.1, 0.15) is 25.5 Å². The number of benzene rings is 1. The number of rotatable bonds is 3. The van der Waals surface area contributed by atoms with Crippen LogP contribution in [0.5, 0.6) is 5.75 Å². The highest BCUT2D eigenvalue weighted by Gasteiger charge is 2.15. The molecule has 0 aliphatic heterocycles. The largest absolute Gasteiger partial charge is 0.496 e. The van der Waals surface area contributed by atoms with Crippen molar-refractivity contribution in [2.45, 2.75) is 20.0 Å². The summed E-state index contributed by atoms with van der Waals surface area (Å²) in [6, 6.07) is 7.35. The fourth-order valence-corrected chi connectivity index (χ4v) is 1.35. The zero-order valence-corrected chi connectivity index (χ0v) is 9.61. The van der Waals surface area contributed by atoms with E-state index in [2.05, 4.69) is 11.8 Å². The summed E-state index contributed by atoms with van der Waals surface area (Å²) in [5.74, 6) is 5.87. The third-order valence-corrected chi connectivity index (χ3v) is 1.98. The molecule has 0 saturated carbocycles. The second kappa shape index (κ2) is 5.82. The molecular formula is C13H14O3. The third-order valence-electron chi connectivity index (χ3n) is 1.98. The fourth-order valence-electron chi connectivity index (χ4n) is 1.35. The lowest BCUT2D eigenvalue weighted by Gasteiger charge is -2.14. The van der Waals surface area contributed by atoms with Crippen LogP contribution in [-0.4, -0.2) is 13.1 Å². The first-order chi connectivity index (χ1) is 7.69. The molecule has 1 aromatic rings. The van der Waals surface area contributed by atoms with Crippen LogP contribution in [0.3, 0.4) is 0 Å². The van der Waals surface area contributed by atoms with Crippen molar-refractivity contribution < 1.29 is 14.3 Å². The summed E-state index contributed by atoms with van der Waals surface area (Å²) in [6.45, 7) is 3.06. The molecule has 0 fully saturated rings. The number of hydrogen-bond donors (Lipinski definition) is 0. The quantitative estimate of drug-likeness (QED) is 0.577. The smallest absolute Gasteiger partial charge is 0.304 e. The summed E-state index contributed by atoms with van der Waals surface area (Å²) in [5, 5.41) is 0. The van der Waals surface area contributed by atoms with Gasteiger partial charge >= 0.3 is 5.97 Å². The van der Waals surface area contributed by atoms with Gasteiger partial charge in [0.25, 0.3) is 0 Å². The summed E-state index contributed by atoms with van der Waals surface area (Å²) in [7, 11) is 1.57. The van der Waals surface area contributed by atoms with Crippen molar-refractivity contribution in [1.29, 1.82) is 0 Å². The second-order valence-electron chi connectivity index (χ2n) is 3.13. The van der Waals surface area contributed by atoms with Gasteiger partial charge in [0.05, 0.1) is 7.11 Å². The van der Waals surface area contributed by atoms with Crippen LogP contribution in [0.2, 0.25) is 0 Å². The van der Waals surface area contributed by atoms with E-state index in [1.54, 1.807) is 14.0 Å². The molecule has 0 saturated heterocycles. The molecule has 1 aromatic carbocycles. The van der Waals surface area contributed by atoms with Gasteiger partial charge in [0.1, 0.15) is 5.75 Å². The van der Waals surface area contributed by atoms with Crippen molar-refractivity contribution in [3.05, 3.63) is 29.8 Å². The lowest BCUT2D eigenvalue weighted by atomic mass is 10.1. The minimum Gasteiger partial charge on any atom is -0.496 e. The fraction of sp³-hybridized carbons (Fsp3) is 0.308. The van der Waals surface area contributed by atoms with E-state index < -0.39 is 6.10 Å². The summed E-state index contributed by atoms with van der Waals surface area (Å²) in [4.78, 5) is 11.0. The number of para-hydroxylation sites is 1. The Bertz CT molecular complexity index is 426. The Morgan fingerprint density at radius 1 is 1.38 bits per heavy atom. The van der Waals surface area contributed by atoms with E-state index in [0.29, 0.717) is 5.75 Å². The highest BCUT2D eigenvalue weighted by molar-refractivity contribution is 5.67. The summed E-state index contributed by atoms with van der Waals surface area (Å²) in [5.41, 5.74) is 0.759. The van der Waals surface area contributed by atoms with Gasteiger partial charge in [0.15, 0.2) is 6.10 Å². The van der Waals surface area contributed by atoms with Gasteiger partial charge in [-0.1, -0.05) is 24.1 Å². The summed E-state index contributed by atoms with van der Waals surface area (Å²) in [6.07, 6.45) is -0.571. The zero-order chi connectivity index (χ0) is 12.0. The molecule has 0 amide bonds. The molecule has 1 rings (SSSR count). The molecule has 0 aliphatic rings. The Morgan fingerprint density at radius 3 is 2.62 bits per heavy atom. The Kier molecular flexibility index (Phi) is 4.41. The number of carbonyl (C=O) groups excluding carboxylic acids is 1. The Labute approximate surface area is 95.4 Å². The molecule has 0 aromatic heterocycles. The van der Waals surface area contributed by atoms with Gasteiger partial charge in [-0.3, -0.25) is 4.79 Å². The first-order valence-corrected chi connectivity index (χ1v) is 4.91. The number of hydrogen-bond acceptors (Lipinski definition) is 3. The second-order valence-corrected chi connectivity index (χ2v) is 3.13. The predicted octanol–water partition coefficient (Wildman–Crippen LogP) is 2.32. The van der Waals surface area contributed by atoms with E-state index in [9.17, 15) is 4.79 Å². The number of carbonyl (C=O) groups is 1. The van der Waals surface area contributed by atoms with Gasteiger partial charge in [0, 0.05) is 12.5 Å². The van der Waals surface area contributed by atoms with E-state index in [1.165, 1.54) is 6.92 Å². The minimum absolute atomic E-state index is 0.362. The monoisotopic (exact) mass is 218 g/mol. The average molecular weight is 218 g/mol.